The summed E-state index contributed by atoms with van der Waals surface area (Å²) in [6, 6.07) is 2.12. The first-order valence-electron chi connectivity index (χ1n) is 4.46. The van der Waals surface area contributed by atoms with Crippen LogP contribution in [0.15, 0.2) is 12.1 Å². The highest BCUT2D eigenvalue weighted by Gasteiger charge is 2.22. The monoisotopic (exact) mass is 214 g/mol. The van der Waals surface area contributed by atoms with Gasteiger partial charge in [0.25, 0.3) is 0 Å². The fourth-order valence-electron chi connectivity index (χ4n) is 1.21. The van der Waals surface area contributed by atoms with Crippen molar-refractivity contribution in [3.63, 3.8) is 0 Å². The van der Waals surface area contributed by atoms with Gasteiger partial charge in [-0.15, -0.1) is 0 Å². The molecule has 0 amide bonds. The van der Waals surface area contributed by atoms with E-state index in [2.05, 4.69) is 0 Å². The van der Waals surface area contributed by atoms with E-state index in [-0.39, 0.29) is 0 Å². The van der Waals surface area contributed by atoms with E-state index in [9.17, 15) is 13.6 Å². The lowest BCUT2D eigenvalue weighted by Crippen LogP contribution is -2.14. The summed E-state index contributed by atoms with van der Waals surface area (Å²) in [6.07, 6.45) is 0. The minimum atomic E-state index is -1.59. The molecule has 1 aromatic carbocycles. The Morgan fingerprint density at radius 1 is 1.20 bits per heavy atom. The summed E-state index contributed by atoms with van der Waals surface area (Å²) < 4.78 is 26.5. The third-order valence-electron chi connectivity index (χ3n) is 2.12. The molecule has 0 fully saturated rings. The number of hydrogen-bond donors (Lipinski definition) is 1. The predicted molar refractivity (Wildman–Crippen MR) is 52.0 cm³/mol. The molecule has 0 aromatic heterocycles. The van der Waals surface area contributed by atoms with E-state index in [4.69, 9.17) is 5.11 Å². The van der Waals surface area contributed by atoms with Crippen molar-refractivity contribution in [3.05, 3.63) is 34.9 Å². The Morgan fingerprint density at radius 3 is 1.87 bits per heavy atom. The molecule has 0 aliphatic heterocycles. The molecule has 0 bridgehead atoms. The van der Waals surface area contributed by atoms with Crippen LogP contribution in [0.5, 0.6) is 0 Å². The fourth-order valence-corrected chi connectivity index (χ4v) is 1.21. The molecule has 0 atom stereocenters. The van der Waals surface area contributed by atoms with Crippen LogP contribution in [-0.4, -0.2) is 11.1 Å². The number of benzene rings is 1. The molecule has 1 N–H and O–H groups in total. The molecule has 0 aliphatic carbocycles. The van der Waals surface area contributed by atoms with E-state index in [0.29, 0.717) is 5.56 Å². The molecule has 0 heterocycles. The van der Waals surface area contributed by atoms with Crippen LogP contribution in [0.1, 0.15) is 36.7 Å². The lowest BCUT2D eigenvalue weighted by atomic mass is 9.86. The van der Waals surface area contributed by atoms with Crippen molar-refractivity contribution in [2.24, 2.45) is 0 Å². The molecule has 0 saturated carbocycles. The van der Waals surface area contributed by atoms with Gasteiger partial charge in [0, 0.05) is 0 Å². The standard InChI is InChI=1S/C11H12F2O2/c1-11(2,3)6-4-7(12)9(10(14)15)8(13)5-6/h4-5H,1-3H3,(H,14,15). The van der Waals surface area contributed by atoms with Gasteiger partial charge in [-0.05, 0) is 23.1 Å². The van der Waals surface area contributed by atoms with Crippen LogP contribution in [-0.2, 0) is 5.41 Å². The zero-order valence-electron chi connectivity index (χ0n) is 8.77. The summed E-state index contributed by atoms with van der Waals surface area (Å²) in [7, 11) is 0. The Bertz CT molecular complexity index is 383. The maximum absolute atomic E-state index is 13.3. The third kappa shape index (κ3) is 2.32. The molecule has 4 heteroatoms. The fraction of sp³-hybridized carbons (Fsp3) is 0.364. The second-order valence-corrected chi connectivity index (χ2v) is 4.37. The molecule has 1 rings (SSSR count). The quantitative estimate of drug-likeness (QED) is 0.780. The maximum Gasteiger partial charge on any atom is 0.341 e. The summed E-state index contributed by atoms with van der Waals surface area (Å²) in [5.41, 5.74) is -0.885. The highest BCUT2D eigenvalue weighted by Crippen LogP contribution is 2.25. The highest BCUT2D eigenvalue weighted by atomic mass is 19.1. The first-order chi connectivity index (χ1) is 6.73. The molecular formula is C11H12F2O2. The summed E-state index contributed by atoms with van der Waals surface area (Å²) in [6.45, 7) is 5.38. The first kappa shape index (κ1) is 11.6. The Balaban J connectivity index is 3.39. The van der Waals surface area contributed by atoms with Crippen molar-refractivity contribution in [1.29, 1.82) is 0 Å². The largest absolute Gasteiger partial charge is 0.477 e. The summed E-state index contributed by atoms with van der Waals surface area (Å²) in [4.78, 5) is 10.5. The van der Waals surface area contributed by atoms with E-state index in [1.807, 2.05) is 0 Å². The van der Waals surface area contributed by atoms with Gasteiger partial charge < -0.3 is 5.11 Å². The third-order valence-corrected chi connectivity index (χ3v) is 2.12. The van der Waals surface area contributed by atoms with Crippen LogP contribution in [0, 0.1) is 11.6 Å². The normalized spacial score (nSPS) is 11.5. The highest BCUT2D eigenvalue weighted by molar-refractivity contribution is 5.88. The van der Waals surface area contributed by atoms with Gasteiger partial charge in [-0.25, -0.2) is 13.6 Å². The lowest BCUT2D eigenvalue weighted by Gasteiger charge is -2.19. The molecule has 0 spiro atoms. The van der Waals surface area contributed by atoms with Crippen LogP contribution < -0.4 is 0 Å². The van der Waals surface area contributed by atoms with E-state index < -0.39 is 28.6 Å². The van der Waals surface area contributed by atoms with Gasteiger partial charge in [-0.2, -0.15) is 0 Å². The van der Waals surface area contributed by atoms with E-state index >= 15 is 0 Å². The second-order valence-electron chi connectivity index (χ2n) is 4.37. The predicted octanol–water partition coefficient (Wildman–Crippen LogP) is 2.96. The maximum atomic E-state index is 13.3. The van der Waals surface area contributed by atoms with Crippen LogP contribution in [0.2, 0.25) is 0 Å². The molecule has 0 aliphatic rings. The topological polar surface area (TPSA) is 37.3 Å². The average Bonchev–Trinajstić information content (AvgIpc) is 1.99. The van der Waals surface area contributed by atoms with Crippen molar-refractivity contribution < 1.29 is 18.7 Å². The van der Waals surface area contributed by atoms with Crippen molar-refractivity contribution in [3.8, 4) is 0 Å². The summed E-state index contributed by atoms with van der Waals surface area (Å²) >= 11 is 0. The number of rotatable bonds is 1. The number of carboxylic acid groups (broad SMARTS) is 1. The molecule has 82 valence electrons. The average molecular weight is 214 g/mol. The molecule has 1 aromatic rings. The van der Waals surface area contributed by atoms with Crippen molar-refractivity contribution in [2.45, 2.75) is 26.2 Å². The Hall–Kier alpha value is -1.45. The van der Waals surface area contributed by atoms with Gasteiger partial charge in [0.1, 0.15) is 17.2 Å². The van der Waals surface area contributed by atoms with Gasteiger partial charge in [0.2, 0.25) is 0 Å². The van der Waals surface area contributed by atoms with Crippen molar-refractivity contribution >= 4 is 5.97 Å². The van der Waals surface area contributed by atoms with Crippen LogP contribution in [0.3, 0.4) is 0 Å². The Morgan fingerprint density at radius 2 is 1.60 bits per heavy atom. The summed E-state index contributed by atoms with van der Waals surface area (Å²) in [5.74, 6) is -3.66. The van der Waals surface area contributed by atoms with E-state index in [1.165, 1.54) is 0 Å². The van der Waals surface area contributed by atoms with Crippen LogP contribution >= 0.6 is 0 Å². The number of hydrogen-bond acceptors (Lipinski definition) is 1. The zero-order chi connectivity index (χ0) is 11.8. The zero-order valence-corrected chi connectivity index (χ0v) is 8.77. The minimum Gasteiger partial charge on any atom is -0.477 e. The Kier molecular flexibility index (Phi) is 2.79. The first-order valence-corrected chi connectivity index (χ1v) is 4.46. The summed E-state index contributed by atoms with van der Waals surface area (Å²) in [5, 5.41) is 8.56. The van der Waals surface area contributed by atoms with Gasteiger partial charge in [0.15, 0.2) is 0 Å². The van der Waals surface area contributed by atoms with Crippen molar-refractivity contribution in [2.75, 3.05) is 0 Å². The Labute approximate surface area is 86.5 Å². The molecule has 2 nitrogen and oxygen atoms in total. The van der Waals surface area contributed by atoms with Crippen LogP contribution in [0.4, 0.5) is 8.78 Å². The van der Waals surface area contributed by atoms with Gasteiger partial charge in [0.05, 0.1) is 0 Å². The minimum absolute atomic E-state index is 0.418. The van der Waals surface area contributed by atoms with Crippen molar-refractivity contribution in [1.82, 2.24) is 0 Å². The number of carbonyl (C=O) groups is 1. The molecule has 0 saturated heterocycles. The number of halogens is 2. The van der Waals surface area contributed by atoms with E-state index in [1.54, 1.807) is 20.8 Å². The molecule has 0 unspecified atom stereocenters. The second kappa shape index (κ2) is 3.61. The smallest absolute Gasteiger partial charge is 0.341 e. The number of carboxylic acids is 1. The molecular weight excluding hydrogens is 202 g/mol. The number of aromatic carboxylic acids is 1. The lowest BCUT2D eigenvalue weighted by molar-refractivity contribution is 0.0686. The molecule has 0 radical (unpaired) electrons. The van der Waals surface area contributed by atoms with Gasteiger partial charge >= 0.3 is 5.97 Å². The van der Waals surface area contributed by atoms with Gasteiger partial charge in [-0.1, -0.05) is 20.8 Å². The molecule has 15 heavy (non-hydrogen) atoms. The SMILES string of the molecule is CC(C)(C)c1cc(F)c(C(=O)O)c(F)c1. The van der Waals surface area contributed by atoms with E-state index in [0.717, 1.165) is 12.1 Å². The van der Waals surface area contributed by atoms with Crippen LogP contribution in [0.25, 0.3) is 0 Å². The van der Waals surface area contributed by atoms with Gasteiger partial charge in [-0.3, -0.25) is 0 Å².